The summed E-state index contributed by atoms with van der Waals surface area (Å²) in [6.07, 6.45) is 1.21. The van der Waals surface area contributed by atoms with Crippen molar-refractivity contribution in [2.75, 3.05) is 43.3 Å². The number of benzene rings is 3. The molecule has 4 N–H and O–H groups in total. The first-order chi connectivity index (χ1) is 26.1. The van der Waals surface area contributed by atoms with E-state index in [4.69, 9.17) is 9.47 Å². The van der Waals surface area contributed by atoms with E-state index in [0.29, 0.717) is 17.2 Å². The van der Waals surface area contributed by atoms with Crippen LogP contribution in [0.15, 0.2) is 78.9 Å². The van der Waals surface area contributed by atoms with Gasteiger partial charge >= 0.3 is 0 Å². The highest BCUT2D eigenvalue weighted by Gasteiger charge is 2.46. The van der Waals surface area contributed by atoms with Crippen LogP contribution >= 0.6 is 0 Å². The lowest BCUT2D eigenvalue weighted by Gasteiger charge is -2.41. The fourth-order valence-electron chi connectivity index (χ4n) is 6.35. The van der Waals surface area contributed by atoms with Crippen LogP contribution < -0.4 is 35.0 Å². The van der Waals surface area contributed by atoms with Gasteiger partial charge in [0.2, 0.25) is 33.7 Å². The van der Waals surface area contributed by atoms with Crippen molar-refractivity contribution in [3.05, 3.63) is 90.0 Å². The molecule has 15 nitrogen and oxygen atoms in total. The van der Waals surface area contributed by atoms with E-state index in [2.05, 4.69) is 21.3 Å². The van der Waals surface area contributed by atoms with Crippen LogP contribution in [0.25, 0.3) is 0 Å². The monoisotopic (exact) mass is 776 g/mol. The molecule has 1 fully saturated rings. The summed E-state index contributed by atoms with van der Waals surface area (Å²) in [5.74, 6) is -1.90. The van der Waals surface area contributed by atoms with Crippen molar-refractivity contribution in [3.8, 4) is 11.5 Å². The summed E-state index contributed by atoms with van der Waals surface area (Å²) < 4.78 is 38.7. The summed E-state index contributed by atoms with van der Waals surface area (Å²) in [5.41, 5.74) is 0.437. The van der Waals surface area contributed by atoms with E-state index in [-0.39, 0.29) is 45.5 Å². The lowest BCUT2D eigenvalue weighted by Crippen LogP contribution is -2.62. The van der Waals surface area contributed by atoms with Crippen molar-refractivity contribution in [1.29, 1.82) is 0 Å². The van der Waals surface area contributed by atoms with Gasteiger partial charge in [0.15, 0.2) is 5.60 Å². The van der Waals surface area contributed by atoms with Crippen LogP contribution in [-0.4, -0.2) is 106 Å². The first-order valence-corrected chi connectivity index (χ1v) is 20.0. The van der Waals surface area contributed by atoms with E-state index in [1.165, 1.54) is 18.7 Å². The molecule has 3 aromatic carbocycles. The SMILES string of the molecule is Cc1cccc(N(CC(=O)N2CCC3(CC2)Oc2ccc(cc2)OCCNC(=O)[C@H](C)NC(=O)[C@H](Cc2ccccc2)NC(=O)[C@H](C)NC3=O)S(C)(=O)=O)c1. The number of hydrogen-bond acceptors (Lipinski definition) is 9. The normalized spacial score (nSPS) is 21.2. The van der Waals surface area contributed by atoms with Crippen LogP contribution in [0.3, 0.4) is 0 Å². The summed E-state index contributed by atoms with van der Waals surface area (Å²) in [6.45, 7) is 4.82. The molecule has 0 saturated carbocycles. The Balaban J connectivity index is 1.37. The highest BCUT2D eigenvalue weighted by Crippen LogP contribution is 2.31. The van der Waals surface area contributed by atoms with Gasteiger partial charge in [-0.3, -0.25) is 28.3 Å². The number of nitrogens with one attached hydrogen (secondary N) is 4. The maximum absolute atomic E-state index is 14.2. The van der Waals surface area contributed by atoms with Gasteiger partial charge in [-0.05, 0) is 68.3 Å². The van der Waals surface area contributed by atoms with Gasteiger partial charge in [0.1, 0.15) is 42.8 Å². The largest absolute Gasteiger partial charge is 0.492 e. The topological polar surface area (TPSA) is 193 Å². The second-order valence-electron chi connectivity index (χ2n) is 13.9. The van der Waals surface area contributed by atoms with E-state index in [0.717, 1.165) is 21.7 Å². The Morgan fingerprint density at radius 3 is 2.15 bits per heavy atom. The number of anilines is 1. The minimum Gasteiger partial charge on any atom is -0.492 e. The van der Waals surface area contributed by atoms with Gasteiger partial charge in [-0.2, -0.15) is 0 Å². The van der Waals surface area contributed by atoms with E-state index in [1.807, 2.05) is 31.2 Å². The molecule has 0 unspecified atom stereocenters. The predicted molar refractivity (Wildman–Crippen MR) is 205 cm³/mol. The maximum Gasteiger partial charge on any atom is 0.264 e. The lowest BCUT2D eigenvalue weighted by atomic mass is 9.89. The summed E-state index contributed by atoms with van der Waals surface area (Å²) in [7, 11) is -3.81. The van der Waals surface area contributed by atoms with Gasteiger partial charge in [-0.15, -0.1) is 0 Å². The van der Waals surface area contributed by atoms with Crippen LogP contribution in [0.5, 0.6) is 11.5 Å². The standard InChI is InChI=1S/C39H48N6O9S/c1-26-9-8-12-30(23-26)45(55(4,51)52)25-34(46)44-20-17-39(18-21-44)38(50)42-28(3)36(48)43-33(24-29-10-6-5-7-11-29)37(49)41-27(2)35(47)40-19-22-53-31-13-15-32(54-39)16-14-31/h5-16,23,27-28,33H,17-22,24-25H2,1-4H3,(H,40,47)(H,41,49)(H,42,50)(H,43,48)/t27-,28-,33-/m0/s1. The molecule has 3 aromatic rings. The van der Waals surface area contributed by atoms with Crippen LogP contribution in [0, 0.1) is 6.92 Å². The van der Waals surface area contributed by atoms with Gasteiger partial charge in [-0.1, -0.05) is 42.5 Å². The molecule has 6 rings (SSSR count). The minimum absolute atomic E-state index is 0.0249. The number of nitrogens with zero attached hydrogens (tertiary/aromatic N) is 2. The van der Waals surface area contributed by atoms with Crippen molar-refractivity contribution in [3.63, 3.8) is 0 Å². The summed E-state index contributed by atoms with van der Waals surface area (Å²) in [4.78, 5) is 69.1. The molecule has 0 aromatic heterocycles. The average Bonchev–Trinajstić information content (AvgIpc) is 3.15. The average molecular weight is 777 g/mol. The van der Waals surface area contributed by atoms with Crippen molar-refractivity contribution in [1.82, 2.24) is 26.2 Å². The van der Waals surface area contributed by atoms with Gasteiger partial charge in [0.25, 0.3) is 5.91 Å². The van der Waals surface area contributed by atoms with Crippen LogP contribution in [-0.2, 0) is 40.4 Å². The number of hydrogen-bond donors (Lipinski definition) is 4. The van der Waals surface area contributed by atoms with Crippen LogP contribution in [0.4, 0.5) is 5.69 Å². The Morgan fingerprint density at radius 2 is 1.49 bits per heavy atom. The molecule has 16 heteroatoms. The predicted octanol–water partition coefficient (Wildman–Crippen LogP) is 1.45. The Labute approximate surface area is 321 Å². The third-order valence-corrected chi connectivity index (χ3v) is 10.7. The quantitative estimate of drug-likeness (QED) is 0.269. The number of likely N-dealkylation sites (tertiary alicyclic amines) is 1. The number of sulfonamides is 1. The number of rotatable bonds is 6. The molecule has 0 aliphatic carbocycles. The van der Waals surface area contributed by atoms with Crippen molar-refractivity contribution >= 4 is 45.2 Å². The second-order valence-corrected chi connectivity index (χ2v) is 15.8. The molecule has 1 saturated heterocycles. The van der Waals surface area contributed by atoms with Crippen molar-refractivity contribution in [2.24, 2.45) is 0 Å². The fraction of sp³-hybridized carbons (Fsp3) is 0.410. The number of piperidine rings is 1. The third kappa shape index (κ3) is 10.7. The molecule has 3 aliphatic heterocycles. The van der Waals surface area contributed by atoms with E-state index < -0.39 is 69.8 Å². The first kappa shape index (κ1) is 40.5. The Morgan fingerprint density at radius 1 is 0.836 bits per heavy atom. The zero-order valence-corrected chi connectivity index (χ0v) is 32.2. The first-order valence-electron chi connectivity index (χ1n) is 18.1. The molecule has 3 heterocycles. The van der Waals surface area contributed by atoms with E-state index in [9.17, 15) is 32.4 Å². The lowest BCUT2D eigenvalue weighted by molar-refractivity contribution is -0.147. The van der Waals surface area contributed by atoms with Gasteiger partial charge in [-0.25, -0.2) is 8.42 Å². The number of ether oxygens (including phenoxy) is 2. The zero-order valence-electron chi connectivity index (χ0n) is 31.4. The molecule has 1 spiro atoms. The fourth-order valence-corrected chi connectivity index (χ4v) is 7.19. The van der Waals surface area contributed by atoms with Gasteiger partial charge < -0.3 is 35.6 Å². The molecular formula is C39H48N6O9S. The third-order valence-electron chi connectivity index (χ3n) is 9.52. The number of fused-ring (bicyclic) bond motifs is 15. The molecule has 5 amide bonds. The Hall–Kier alpha value is -5.64. The highest BCUT2D eigenvalue weighted by atomic mass is 32.2. The number of aryl methyl sites for hydroxylation is 1. The summed E-state index contributed by atoms with van der Waals surface area (Å²) in [6, 6.07) is 19.3. The molecule has 294 valence electrons. The molecule has 55 heavy (non-hydrogen) atoms. The van der Waals surface area contributed by atoms with Crippen molar-refractivity contribution in [2.45, 2.75) is 63.8 Å². The summed E-state index contributed by atoms with van der Waals surface area (Å²) in [5, 5.41) is 10.9. The Bertz CT molecular complexity index is 1970. The minimum atomic E-state index is -3.81. The van der Waals surface area contributed by atoms with Crippen LogP contribution in [0.1, 0.15) is 37.8 Å². The van der Waals surface area contributed by atoms with Crippen LogP contribution in [0.2, 0.25) is 0 Å². The second kappa shape index (κ2) is 17.7. The van der Waals surface area contributed by atoms with E-state index in [1.54, 1.807) is 54.6 Å². The smallest absolute Gasteiger partial charge is 0.264 e. The zero-order chi connectivity index (χ0) is 39.8. The molecule has 3 atom stereocenters. The summed E-state index contributed by atoms with van der Waals surface area (Å²) >= 11 is 0. The number of carbonyl (C=O) groups is 5. The molecule has 3 aliphatic rings. The molecular weight excluding hydrogens is 729 g/mol. The maximum atomic E-state index is 14.2. The van der Waals surface area contributed by atoms with Gasteiger partial charge in [0, 0.05) is 32.4 Å². The number of carbonyl (C=O) groups excluding carboxylic acids is 5. The van der Waals surface area contributed by atoms with Gasteiger partial charge in [0.05, 0.1) is 18.5 Å². The molecule has 0 radical (unpaired) electrons. The highest BCUT2D eigenvalue weighted by molar-refractivity contribution is 7.92. The molecule has 2 bridgehead atoms. The van der Waals surface area contributed by atoms with Crippen molar-refractivity contribution < 1.29 is 41.9 Å². The Kier molecular flexibility index (Phi) is 13.0. The van der Waals surface area contributed by atoms with E-state index >= 15 is 0 Å². The number of amides is 5.